The largest absolute Gasteiger partial charge is 0.0800 e. The van der Waals surface area contributed by atoms with Gasteiger partial charge in [-0.15, -0.1) is 0 Å². The lowest BCUT2D eigenvalue weighted by Gasteiger charge is -2.35. The summed E-state index contributed by atoms with van der Waals surface area (Å²) in [7, 11) is -1.59. The monoisotopic (exact) mass is 330 g/mol. The van der Waals surface area contributed by atoms with E-state index in [1.54, 1.807) is 11.1 Å². The summed E-state index contributed by atoms with van der Waals surface area (Å²) < 4.78 is 0. The predicted molar refractivity (Wildman–Crippen MR) is 107 cm³/mol. The molecule has 1 atom stereocenters. The molecule has 0 heterocycles. The molecule has 2 aliphatic carbocycles. The van der Waals surface area contributed by atoms with Gasteiger partial charge in [-0.25, -0.2) is 0 Å². The van der Waals surface area contributed by atoms with E-state index in [0.717, 1.165) is 0 Å². The van der Waals surface area contributed by atoms with Crippen LogP contribution in [0.2, 0.25) is 18.6 Å². The summed E-state index contributed by atoms with van der Waals surface area (Å²) in [5.41, 5.74) is 8.73. The minimum Gasteiger partial charge on any atom is -0.0800 e. The summed E-state index contributed by atoms with van der Waals surface area (Å²) in [5.74, 6) is 0.624. The first-order valence-electron chi connectivity index (χ1n) is 9.08. The predicted octanol–water partition coefficient (Wildman–Crippen LogP) is 6.57. The third-order valence-corrected chi connectivity index (χ3v) is 10.2. The molecule has 2 aromatic rings. The van der Waals surface area contributed by atoms with E-state index in [1.807, 2.05) is 0 Å². The van der Waals surface area contributed by atoms with Gasteiger partial charge in [0.2, 0.25) is 0 Å². The molecule has 0 spiro atoms. The fourth-order valence-electron chi connectivity index (χ4n) is 4.53. The molecule has 122 valence electrons. The molecular weight excluding hydrogens is 304 g/mol. The molecule has 0 fully saturated rings. The van der Waals surface area contributed by atoms with E-state index in [4.69, 9.17) is 0 Å². The van der Waals surface area contributed by atoms with Crippen LogP contribution in [-0.4, -0.2) is 8.07 Å². The Bertz CT molecular complexity index is 793. The lowest BCUT2D eigenvalue weighted by molar-refractivity contribution is 0.792. The van der Waals surface area contributed by atoms with Gasteiger partial charge in [-0.1, -0.05) is 93.7 Å². The summed E-state index contributed by atoms with van der Waals surface area (Å²) in [6, 6.07) is 18.1. The van der Waals surface area contributed by atoms with Gasteiger partial charge < -0.3 is 0 Å². The van der Waals surface area contributed by atoms with Crippen molar-refractivity contribution in [1.82, 2.24) is 0 Å². The maximum Gasteiger partial charge on any atom is 0.0715 e. The quantitative estimate of drug-likeness (QED) is 0.558. The molecule has 0 amide bonds. The minimum atomic E-state index is -1.59. The molecule has 1 heteroatoms. The van der Waals surface area contributed by atoms with Crippen molar-refractivity contribution in [3.8, 4) is 11.1 Å². The molecule has 0 N–H and O–H groups in total. The molecule has 2 aromatic carbocycles. The highest BCUT2D eigenvalue weighted by Gasteiger charge is 2.44. The van der Waals surface area contributed by atoms with Crippen LogP contribution < -0.4 is 0 Å². The lowest BCUT2D eigenvalue weighted by atomic mass is 10.1. The van der Waals surface area contributed by atoms with Gasteiger partial charge >= 0.3 is 0 Å². The van der Waals surface area contributed by atoms with Crippen molar-refractivity contribution in [2.45, 2.75) is 38.0 Å². The van der Waals surface area contributed by atoms with Gasteiger partial charge in [0.05, 0.1) is 8.07 Å². The Hall–Kier alpha value is -1.86. The van der Waals surface area contributed by atoms with Crippen molar-refractivity contribution in [3.05, 3.63) is 83.5 Å². The maximum absolute atomic E-state index is 2.57. The second kappa shape index (κ2) is 5.60. The zero-order valence-electron chi connectivity index (χ0n) is 15.1. The van der Waals surface area contributed by atoms with Crippen LogP contribution in [0.5, 0.6) is 0 Å². The van der Waals surface area contributed by atoms with Crippen LogP contribution >= 0.6 is 0 Å². The van der Waals surface area contributed by atoms with Gasteiger partial charge in [0.15, 0.2) is 0 Å². The van der Waals surface area contributed by atoms with E-state index in [0.29, 0.717) is 17.0 Å². The number of allylic oxidation sites excluding steroid dienone is 4. The Labute approximate surface area is 146 Å². The van der Waals surface area contributed by atoms with Crippen LogP contribution in [0.4, 0.5) is 0 Å². The first-order chi connectivity index (χ1) is 11.5. The van der Waals surface area contributed by atoms with Crippen LogP contribution in [-0.2, 0) is 0 Å². The Morgan fingerprint density at radius 1 is 0.833 bits per heavy atom. The third-order valence-electron chi connectivity index (χ3n) is 5.97. The van der Waals surface area contributed by atoms with E-state index in [2.05, 4.69) is 93.7 Å². The topological polar surface area (TPSA) is 0 Å². The molecule has 0 saturated heterocycles. The summed E-state index contributed by atoms with van der Waals surface area (Å²) in [6.07, 6.45) is 7.41. The normalized spacial score (nSPS) is 19.5. The molecule has 0 aliphatic heterocycles. The number of benzene rings is 2. The average Bonchev–Trinajstić information content (AvgIpc) is 3.19. The number of hydrogen-bond donors (Lipinski definition) is 0. The van der Waals surface area contributed by atoms with Gasteiger partial charge in [-0.2, -0.15) is 0 Å². The van der Waals surface area contributed by atoms with E-state index in [-0.39, 0.29) is 0 Å². The fraction of sp³-hybridized carbons (Fsp3) is 0.304. The van der Waals surface area contributed by atoms with Crippen molar-refractivity contribution in [2.24, 2.45) is 5.92 Å². The second-order valence-electron chi connectivity index (χ2n) is 8.14. The number of rotatable bonds is 3. The second-order valence-corrected chi connectivity index (χ2v) is 13.0. The minimum absolute atomic E-state index is 0.585. The van der Waals surface area contributed by atoms with E-state index in [9.17, 15) is 0 Å². The van der Waals surface area contributed by atoms with Crippen LogP contribution in [0.3, 0.4) is 0 Å². The van der Waals surface area contributed by atoms with E-state index in [1.165, 1.54) is 16.7 Å². The molecule has 0 aromatic heterocycles. The molecule has 1 unspecified atom stereocenters. The Morgan fingerprint density at radius 3 is 1.88 bits per heavy atom. The lowest BCUT2D eigenvalue weighted by Crippen LogP contribution is -2.38. The summed E-state index contributed by atoms with van der Waals surface area (Å²) in [6.45, 7) is 9.75. The van der Waals surface area contributed by atoms with Crippen LogP contribution in [0.15, 0.2) is 72.3 Å². The zero-order chi connectivity index (χ0) is 16.9. The van der Waals surface area contributed by atoms with Crippen molar-refractivity contribution in [2.75, 3.05) is 0 Å². The Balaban J connectivity index is 1.83. The molecule has 0 radical (unpaired) electrons. The Kier molecular flexibility index (Phi) is 3.65. The molecule has 2 aliphatic rings. The van der Waals surface area contributed by atoms with Crippen LogP contribution in [0.25, 0.3) is 11.1 Å². The van der Waals surface area contributed by atoms with Crippen molar-refractivity contribution in [1.29, 1.82) is 0 Å². The molecule has 4 rings (SSSR count). The van der Waals surface area contributed by atoms with Crippen LogP contribution in [0.1, 0.15) is 30.5 Å². The highest BCUT2D eigenvalue weighted by molar-refractivity contribution is 6.82. The SMILES string of the molecule is CC(C)C1=CC([Si](C)(C)C2c3ccccc3-c3ccccc32)C=C1. The molecule has 0 saturated carbocycles. The van der Waals surface area contributed by atoms with Crippen molar-refractivity contribution >= 4 is 8.07 Å². The summed E-state index contributed by atoms with van der Waals surface area (Å²) >= 11 is 0. The first-order valence-corrected chi connectivity index (χ1v) is 12.2. The van der Waals surface area contributed by atoms with Crippen molar-refractivity contribution < 1.29 is 0 Å². The molecule has 0 nitrogen and oxygen atoms in total. The van der Waals surface area contributed by atoms with E-state index >= 15 is 0 Å². The third kappa shape index (κ3) is 2.26. The summed E-state index contributed by atoms with van der Waals surface area (Å²) in [4.78, 5) is 0. The van der Waals surface area contributed by atoms with Gasteiger partial charge in [-0.05, 0) is 39.3 Å². The summed E-state index contributed by atoms with van der Waals surface area (Å²) in [5, 5.41) is 0. The molecule has 24 heavy (non-hydrogen) atoms. The highest BCUT2D eigenvalue weighted by Crippen LogP contribution is 2.52. The smallest absolute Gasteiger partial charge is 0.0715 e. The van der Waals surface area contributed by atoms with Crippen molar-refractivity contribution in [3.63, 3.8) is 0 Å². The van der Waals surface area contributed by atoms with Gasteiger partial charge in [0.1, 0.15) is 0 Å². The highest BCUT2D eigenvalue weighted by atomic mass is 28.3. The number of hydrogen-bond acceptors (Lipinski definition) is 0. The first kappa shape index (κ1) is 15.7. The maximum atomic E-state index is 2.57. The van der Waals surface area contributed by atoms with Crippen LogP contribution in [0, 0.1) is 5.92 Å². The van der Waals surface area contributed by atoms with E-state index < -0.39 is 8.07 Å². The standard InChI is InChI=1S/C23H26Si/c1-16(2)17-13-14-18(15-17)24(3,4)23-21-11-7-5-9-19(21)20-10-6-8-12-22(20)23/h5-16,18,23H,1-4H3. The Morgan fingerprint density at radius 2 is 1.38 bits per heavy atom. The van der Waals surface area contributed by atoms with Gasteiger partial charge in [0, 0.05) is 5.54 Å². The molecule has 0 bridgehead atoms. The molecular formula is C23H26Si. The number of fused-ring (bicyclic) bond motifs is 3. The van der Waals surface area contributed by atoms with Gasteiger partial charge in [-0.3, -0.25) is 0 Å². The average molecular weight is 331 g/mol. The fourth-order valence-corrected chi connectivity index (χ4v) is 8.24. The van der Waals surface area contributed by atoms with Gasteiger partial charge in [0.25, 0.3) is 0 Å². The zero-order valence-corrected chi connectivity index (χ0v) is 16.1.